The van der Waals surface area contributed by atoms with Gasteiger partial charge in [-0.25, -0.2) is 0 Å². The first-order chi connectivity index (χ1) is 6.86. The summed E-state index contributed by atoms with van der Waals surface area (Å²) >= 11 is 0. The number of benzene rings is 1. The Hall–Kier alpha value is -1.27. The van der Waals surface area contributed by atoms with E-state index in [1.807, 2.05) is 0 Å². The van der Waals surface area contributed by atoms with Gasteiger partial charge in [0.05, 0.1) is 18.2 Å². The number of aliphatic hydroxyl groups excluding tert-OH is 1. The van der Waals surface area contributed by atoms with Crippen LogP contribution < -0.4 is 11.5 Å². The van der Waals surface area contributed by atoms with Crippen molar-refractivity contribution in [2.75, 3.05) is 12.3 Å². The van der Waals surface area contributed by atoms with Crippen LogP contribution in [0.3, 0.4) is 0 Å². The van der Waals surface area contributed by atoms with Gasteiger partial charge in [-0.15, -0.1) is 0 Å². The summed E-state index contributed by atoms with van der Waals surface area (Å²) < 4.78 is 37.6. The third-order valence-corrected chi connectivity index (χ3v) is 1.98. The van der Waals surface area contributed by atoms with Gasteiger partial charge in [0, 0.05) is 5.69 Å². The van der Waals surface area contributed by atoms with Crippen LogP contribution in [0.25, 0.3) is 0 Å². The molecule has 5 N–H and O–H groups in total. The van der Waals surface area contributed by atoms with Crippen molar-refractivity contribution in [3.8, 4) is 0 Å². The van der Waals surface area contributed by atoms with Crippen molar-refractivity contribution in [2.24, 2.45) is 5.73 Å². The Kier molecular flexibility index (Phi) is 3.21. The zero-order valence-corrected chi connectivity index (χ0v) is 7.75. The number of alkyl halides is 3. The lowest BCUT2D eigenvalue weighted by Gasteiger charge is -2.17. The molecule has 0 aliphatic heterocycles. The maximum Gasteiger partial charge on any atom is 0.416 e. The smallest absolute Gasteiger partial charge is 0.399 e. The van der Waals surface area contributed by atoms with Crippen LogP contribution in [-0.4, -0.2) is 11.7 Å². The molecule has 0 aliphatic rings. The zero-order valence-electron chi connectivity index (χ0n) is 7.75. The summed E-state index contributed by atoms with van der Waals surface area (Å²) in [6.45, 7) is -0.549. The van der Waals surface area contributed by atoms with Crippen LogP contribution in [-0.2, 0) is 6.18 Å². The fourth-order valence-corrected chi connectivity index (χ4v) is 1.24. The van der Waals surface area contributed by atoms with Gasteiger partial charge in [0.25, 0.3) is 0 Å². The van der Waals surface area contributed by atoms with E-state index in [1.54, 1.807) is 0 Å². The van der Waals surface area contributed by atoms with E-state index in [2.05, 4.69) is 0 Å². The number of hydrogen-bond acceptors (Lipinski definition) is 3. The molecule has 0 saturated carbocycles. The molecular weight excluding hydrogens is 209 g/mol. The quantitative estimate of drug-likeness (QED) is 0.657. The Morgan fingerprint density at radius 1 is 1.33 bits per heavy atom. The fourth-order valence-electron chi connectivity index (χ4n) is 1.24. The van der Waals surface area contributed by atoms with Gasteiger partial charge in [-0.1, -0.05) is 6.07 Å². The highest BCUT2D eigenvalue weighted by Gasteiger charge is 2.34. The molecule has 0 unspecified atom stereocenters. The summed E-state index contributed by atoms with van der Waals surface area (Å²) in [5.41, 5.74) is 9.57. The maximum atomic E-state index is 12.5. The van der Waals surface area contributed by atoms with Gasteiger partial charge >= 0.3 is 6.18 Å². The first-order valence-corrected chi connectivity index (χ1v) is 4.19. The van der Waals surface area contributed by atoms with Crippen LogP contribution in [0.4, 0.5) is 18.9 Å². The topological polar surface area (TPSA) is 72.3 Å². The minimum absolute atomic E-state index is 0.0104. The second-order valence-corrected chi connectivity index (χ2v) is 3.13. The molecule has 0 aromatic heterocycles. The van der Waals surface area contributed by atoms with Gasteiger partial charge in [0.15, 0.2) is 0 Å². The molecule has 0 radical (unpaired) electrons. The number of nitrogens with two attached hydrogens (primary N) is 2. The minimum atomic E-state index is -4.52. The molecule has 0 saturated heterocycles. The Balaban J connectivity index is 3.27. The second-order valence-electron chi connectivity index (χ2n) is 3.13. The van der Waals surface area contributed by atoms with E-state index in [9.17, 15) is 13.2 Å². The summed E-state index contributed by atoms with van der Waals surface area (Å²) in [6, 6.07) is 2.26. The average Bonchev–Trinajstić information content (AvgIpc) is 2.15. The summed E-state index contributed by atoms with van der Waals surface area (Å²) in [7, 11) is 0. The predicted molar refractivity (Wildman–Crippen MR) is 49.9 cm³/mol. The number of rotatable bonds is 2. The third kappa shape index (κ3) is 2.60. The molecule has 0 spiro atoms. The van der Waals surface area contributed by atoms with E-state index in [0.29, 0.717) is 0 Å². The number of aliphatic hydroxyl groups is 1. The summed E-state index contributed by atoms with van der Waals surface area (Å²) in [5, 5.41) is 8.72. The van der Waals surface area contributed by atoms with E-state index in [4.69, 9.17) is 16.6 Å². The molecule has 0 fully saturated rings. The highest BCUT2D eigenvalue weighted by molar-refractivity contribution is 5.47. The molecule has 6 heteroatoms. The van der Waals surface area contributed by atoms with E-state index >= 15 is 0 Å². The fraction of sp³-hybridized carbons (Fsp3) is 0.333. The number of nitrogen functional groups attached to an aromatic ring is 1. The van der Waals surface area contributed by atoms with E-state index in [0.717, 1.165) is 6.07 Å². The molecule has 15 heavy (non-hydrogen) atoms. The minimum Gasteiger partial charge on any atom is -0.399 e. The third-order valence-electron chi connectivity index (χ3n) is 1.98. The summed E-state index contributed by atoms with van der Waals surface area (Å²) in [6.07, 6.45) is -4.52. The van der Waals surface area contributed by atoms with Crippen molar-refractivity contribution in [1.82, 2.24) is 0 Å². The van der Waals surface area contributed by atoms with Gasteiger partial charge in [-0.2, -0.15) is 13.2 Å². The second kappa shape index (κ2) is 4.08. The summed E-state index contributed by atoms with van der Waals surface area (Å²) in [5.74, 6) is 0. The Morgan fingerprint density at radius 3 is 2.40 bits per heavy atom. The Labute approximate surface area is 84.5 Å². The van der Waals surface area contributed by atoms with Crippen molar-refractivity contribution in [3.63, 3.8) is 0 Å². The van der Waals surface area contributed by atoms with Gasteiger partial charge in [-0.05, 0) is 17.7 Å². The van der Waals surface area contributed by atoms with Crippen molar-refractivity contribution >= 4 is 5.69 Å². The first-order valence-electron chi connectivity index (χ1n) is 4.19. The van der Waals surface area contributed by atoms with Crippen LogP contribution >= 0.6 is 0 Å². The van der Waals surface area contributed by atoms with Gasteiger partial charge in [0.2, 0.25) is 0 Å². The van der Waals surface area contributed by atoms with Crippen molar-refractivity contribution in [1.29, 1.82) is 0 Å². The molecule has 0 amide bonds. The largest absolute Gasteiger partial charge is 0.416 e. The van der Waals surface area contributed by atoms with Crippen LogP contribution in [0.2, 0.25) is 0 Å². The lowest BCUT2D eigenvalue weighted by molar-refractivity contribution is -0.138. The van der Waals surface area contributed by atoms with Crippen LogP contribution in [0.5, 0.6) is 0 Å². The lowest BCUT2D eigenvalue weighted by atomic mass is 10.0. The molecule has 1 atom stereocenters. The Morgan fingerprint density at radius 2 is 1.93 bits per heavy atom. The highest BCUT2D eigenvalue weighted by Crippen LogP contribution is 2.35. The number of hydrogen-bond donors (Lipinski definition) is 3. The predicted octanol–water partition coefficient (Wildman–Crippen LogP) is 1.28. The maximum absolute atomic E-state index is 12.5. The van der Waals surface area contributed by atoms with Gasteiger partial charge in [0.1, 0.15) is 0 Å². The molecule has 3 nitrogen and oxygen atoms in total. The highest BCUT2D eigenvalue weighted by atomic mass is 19.4. The molecule has 1 rings (SSSR count). The first kappa shape index (κ1) is 11.8. The Bertz CT molecular complexity index is 352. The van der Waals surface area contributed by atoms with E-state index in [-0.39, 0.29) is 11.3 Å². The van der Waals surface area contributed by atoms with Crippen LogP contribution in [0.15, 0.2) is 18.2 Å². The molecule has 1 aromatic carbocycles. The number of halogens is 3. The lowest BCUT2D eigenvalue weighted by Crippen LogP contribution is -2.20. The molecule has 0 heterocycles. The molecule has 84 valence electrons. The van der Waals surface area contributed by atoms with E-state index in [1.165, 1.54) is 12.1 Å². The SMILES string of the molecule is Nc1ccc([C@@H](N)CO)c(C(F)(F)F)c1. The normalized spacial score (nSPS) is 13.9. The summed E-state index contributed by atoms with van der Waals surface area (Å²) in [4.78, 5) is 0. The zero-order chi connectivity index (χ0) is 11.6. The molecular formula is C9H11F3N2O. The molecule has 1 aromatic rings. The van der Waals surface area contributed by atoms with Crippen molar-refractivity contribution in [3.05, 3.63) is 29.3 Å². The van der Waals surface area contributed by atoms with Crippen LogP contribution in [0, 0.1) is 0 Å². The number of anilines is 1. The molecule has 0 bridgehead atoms. The van der Waals surface area contributed by atoms with E-state index < -0.39 is 24.4 Å². The standard InChI is InChI=1S/C9H11F3N2O/c10-9(11,12)7-3-5(13)1-2-6(7)8(14)4-15/h1-3,8,15H,4,13-14H2/t8-/m0/s1. The van der Waals surface area contributed by atoms with Gasteiger partial charge in [-0.3, -0.25) is 0 Å². The molecule has 0 aliphatic carbocycles. The van der Waals surface area contributed by atoms with Crippen LogP contribution in [0.1, 0.15) is 17.2 Å². The average molecular weight is 220 g/mol. The monoisotopic (exact) mass is 220 g/mol. The van der Waals surface area contributed by atoms with Gasteiger partial charge < -0.3 is 16.6 Å². The van der Waals surface area contributed by atoms with Crippen molar-refractivity contribution in [2.45, 2.75) is 12.2 Å². The van der Waals surface area contributed by atoms with Crippen molar-refractivity contribution < 1.29 is 18.3 Å².